The van der Waals surface area contributed by atoms with Crippen LogP contribution in [0.3, 0.4) is 0 Å². The second-order valence-electron chi connectivity index (χ2n) is 9.51. The molecule has 0 saturated carbocycles. The first kappa shape index (κ1) is 22.0. The van der Waals surface area contributed by atoms with Crippen molar-refractivity contribution in [1.82, 2.24) is 0 Å². The van der Waals surface area contributed by atoms with Gasteiger partial charge in [-0.05, 0) is 73.4 Å². The van der Waals surface area contributed by atoms with Crippen molar-refractivity contribution in [3.05, 3.63) is 80.6 Å². The number of benzene rings is 2. The third kappa shape index (κ3) is 3.90. The van der Waals surface area contributed by atoms with Gasteiger partial charge >= 0.3 is 0 Å². The lowest BCUT2D eigenvalue weighted by molar-refractivity contribution is -0.114. The van der Waals surface area contributed by atoms with Crippen molar-refractivity contribution in [2.24, 2.45) is 11.3 Å². The third-order valence-corrected chi connectivity index (χ3v) is 7.37. The van der Waals surface area contributed by atoms with Crippen LogP contribution in [0.1, 0.15) is 44.7 Å². The molecule has 1 aliphatic heterocycles. The summed E-state index contributed by atoms with van der Waals surface area (Å²) < 4.78 is 0. The molecule has 1 aliphatic carbocycles. The Morgan fingerprint density at radius 1 is 1.00 bits per heavy atom. The van der Waals surface area contributed by atoms with E-state index >= 15 is 0 Å². The minimum absolute atomic E-state index is 0.0550. The molecule has 31 heavy (non-hydrogen) atoms. The van der Waals surface area contributed by atoms with E-state index in [9.17, 15) is 4.79 Å². The van der Waals surface area contributed by atoms with E-state index < -0.39 is 0 Å². The van der Waals surface area contributed by atoms with Crippen molar-refractivity contribution < 1.29 is 4.79 Å². The van der Waals surface area contributed by atoms with Crippen LogP contribution in [0.15, 0.2) is 59.4 Å². The molecule has 5 heteroatoms. The molecule has 0 radical (unpaired) electrons. The molecular weight excluding hydrogens is 427 g/mol. The fourth-order valence-electron chi connectivity index (χ4n) is 4.36. The summed E-state index contributed by atoms with van der Waals surface area (Å²) >= 11 is 12.7. The average molecular weight is 455 g/mol. The quantitative estimate of drug-likeness (QED) is 0.515. The van der Waals surface area contributed by atoms with Gasteiger partial charge in [0.2, 0.25) is 0 Å². The molecule has 1 heterocycles. The predicted molar refractivity (Wildman–Crippen MR) is 131 cm³/mol. The summed E-state index contributed by atoms with van der Waals surface area (Å²) in [4.78, 5) is 15.6. The van der Waals surface area contributed by atoms with Crippen LogP contribution in [0.2, 0.25) is 10.0 Å². The second kappa shape index (κ2) is 8.03. The number of nitrogens with zero attached hydrogens (tertiary/aromatic N) is 1. The fraction of sp³-hybridized carbons (Fsp3) is 0.346. The first-order valence-corrected chi connectivity index (χ1v) is 11.4. The molecule has 3 nitrogen and oxygen atoms in total. The van der Waals surface area contributed by atoms with Crippen LogP contribution < -0.4 is 10.2 Å². The van der Waals surface area contributed by atoms with Gasteiger partial charge in [-0.1, -0.05) is 62.2 Å². The number of hydrogen-bond donors (Lipinski definition) is 1. The number of rotatable bonds is 3. The summed E-state index contributed by atoms with van der Waals surface area (Å²) in [7, 11) is 0. The Balaban J connectivity index is 1.84. The molecule has 2 aromatic carbocycles. The Bertz CT molecular complexity index is 1120. The molecule has 4 rings (SSSR count). The maximum absolute atomic E-state index is 13.8. The Morgan fingerprint density at radius 2 is 1.65 bits per heavy atom. The summed E-state index contributed by atoms with van der Waals surface area (Å²) in [6.07, 6.45) is 4.00. The van der Waals surface area contributed by atoms with E-state index in [-0.39, 0.29) is 11.3 Å². The number of amides is 1. The monoisotopic (exact) mass is 454 g/mol. The van der Waals surface area contributed by atoms with Crippen LogP contribution >= 0.6 is 23.2 Å². The van der Waals surface area contributed by atoms with Gasteiger partial charge in [-0.3, -0.25) is 9.69 Å². The molecule has 2 aliphatic rings. The minimum Gasteiger partial charge on any atom is -0.350 e. The van der Waals surface area contributed by atoms with E-state index in [4.69, 9.17) is 23.2 Å². The highest BCUT2D eigenvalue weighted by Crippen LogP contribution is 2.47. The number of fused-ring (bicyclic) bond motifs is 1. The van der Waals surface area contributed by atoms with Gasteiger partial charge in [-0.15, -0.1) is 0 Å². The molecule has 1 N–H and O–H groups in total. The van der Waals surface area contributed by atoms with E-state index in [1.165, 1.54) is 0 Å². The van der Waals surface area contributed by atoms with Gasteiger partial charge in [0.05, 0.1) is 11.4 Å². The van der Waals surface area contributed by atoms with Crippen molar-refractivity contribution in [1.29, 1.82) is 0 Å². The Kier molecular flexibility index (Phi) is 5.70. The molecule has 162 valence electrons. The molecular formula is C26H28Cl2N2O. The number of allylic oxidation sites excluding steroid dienone is 2. The minimum atomic E-state index is -0.0550. The molecule has 1 amide bonds. The van der Waals surface area contributed by atoms with Gasteiger partial charge < -0.3 is 5.32 Å². The molecule has 2 aromatic rings. The molecule has 0 aromatic heterocycles. The Hall–Kier alpha value is -2.23. The molecule has 0 fully saturated rings. The third-order valence-electron chi connectivity index (χ3n) is 6.55. The average Bonchev–Trinajstić information content (AvgIpc) is 2.98. The zero-order valence-electron chi connectivity index (χ0n) is 18.6. The van der Waals surface area contributed by atoms with Crippen LogP contribution in [0.4, 0.5) is 11.4 Å². The fourth-order valence-corrected chi connectivity index (χ4v) is 4.71. The topological polar surface area (TPSA) is 32.3 Å². The maximum Gasteiger partial charge on any atom is 0.279 e. The molecule has 0 saturated heterocycles. The van der Waals surface area contributed by atoms with Crippen LogP contribution in [0, 0.1) is 25.2 Å². The highest BCUT2D eigenvalue weighted by Gasteiger charge is 2.41. The number of halogens is 2. The van der Waals surface area contributed by atoms with Crippen molar-refractivity contribution in [3.63, 3.8) is 0 Å². The van der Waals surface area contributed by atoms with Crippen LogP contribution in [0.25, 0.3) is 0 Å². The van der Waals surface area contributed by atoms with E-state index in [1.807, 2.05) is 55.1 Å². The number of carbonyl (C=O) groups is 1. The summed E-state index contributed by atoms with van der Waals surface area (Å²) in [5, 5.41) is 4.77. The number of carbonyl (C=O) groups excluding carboxylic acids is 1. The highest BCUT2D eigenvalue weighted by molar-refractivity contribution is 6.32. The molecule has 0 spiro atoms. The van der Waals surface area contributed by atoms with Crippen molar-refractivity contribution in [2.45, 2.75) is 47.5 Å². The standard InChI is InChI=1S/C26H28Cl2N2O/c1-15-19(27)8-6-10-21(15)29-24-18-14-17(26(3,4)5)12-13-23(18)30(25(24)31)22-11-7-9-20(28)16(22)2/h6-11,13,17,29H,12,14H2,1-5H3. The van der Waals surface area contributed by atoms with Gasteiger partial charge in [0.25, 0.3) is 5.91 Å². The second-order valence-corrected chi connectivity index (χ2v) is 10.3. The van der Waals surface area contributed by atoms with Gasteiger partial charge in [-0.25, -0.2) is 0 Å². The van der Waals surface area contributed by atoms with Crippen molar-refractivity contribution in [3.8, 4) is 0 Å². The predicted octanol–water partition coefficient (Wildman–Crippen LogP) is 7.66. The normalized spacial score (nSPS) is 18.9. The number of anilines is 2. The van der Waals surface area contributed by atoms with Gasteiger partial charge in [0.1, 0.15) is 5.70 Å². The van der Waals surface area contributed by atoms with Crippen molar-refractivity contribution in [2.75, 3.05) is 10.2 Å². The summed E-state index contributed by atoms with van der Waals surface area (Å²) in [5.41, 5.74) is 6.32. The van der Waals surface area contributed by atoms with Crippen molar-refractivity contribution >= 4 is 40.5 Å². The first-order valence-electron chi connectivity index (χ1n) is 10.6. The smallest absolute Gasteiger partial charge is 0.279 e. The van der Waals surface area contributed by atoms with E-state index in [0.29, 0.717) is 21.7 Å². The van der Waals surface area contributed by atoms with E-state index in [0.717, 1.165) is 46.6 Å². The molecule has 1 atom stereocenters. The SMILES string of the molecule is Cc1c(Cl)cccc1NC1=C2CC(C(C)(C)C)CC=C2N(c2cccc(Cl)c2C)C1=O. The zero-order valence-corrected chi connectivity index (χ0v) is 20.2. The first-order chi connectivity index (χ1) is 14.6. The summed E-state index contributed by atoms with van der Waals surface area (Å²) in [5.74, 6) is 0.400. The zero-order chi connectivity index (χ0) is 22.5. The van der Waals surface area contributed by atoms with E-state index in [2.05, 4.69) is 32.2 Å². The molecule has 1 unspecified atom stereocenters. The van der Waals surface area contributed by atoms with Crippen LogP contribution in [-0.2, 0) is 4.79 Å². The summed E-state index contributed by atoms with van der Waals surface area (Å²) in [6, 6.07) is 11.4. The Labute approximate surface area is 194 Å². The van der Waals surface area contributed by atoms with Crippen LogP contribution in [0.5, 0.6) is 0 Å². The largest absolute Gasteiger partial charge is 0.350 e. The number of nitrogens with one attached hydrogen (secondary N) is 1. The lowest BCUT2D eigenvalue weighted by Crippen LogP contribution is -2.29. The van der Waals surface area contributed by atoms with Gasteiger partial charge in [0, 0.05) is 21.3 Å². The van der Waals surface area contributed by atoms with Gasteiger partial charge in [0.15, 0.2) is 0 Å². The molecule has 0 bridgehead atoms. The summed E-state index contributed by atoms with van der Waals surface area (Å²) in [6.45, 7) is 10.7. The lowest BCUT2D eigenvalue weighted by Gasteiger charge is -2.35. The van der Waals surface area contributed by atoms with Crippen LogP contribution in [-0.4, -0.2) is 5.91 Å². The lowest BCUT2D eigenvalue weighted by atomic mass is 9.72. The highest BCUT2D eigenvalue weighted by atomic mass is 35.5. The van der Waals surface area contributed by atoms with Gasteiger partial charge in [-0.2, -0.15) is 0 Å². The maximum atomic E-state index is 13.8. The Morgan fingerprint density at radius 3 is 2.32 bits per heavy atom. The van der Waals surface area contributed by atoms with E-state index in [1.54, 1.807) is 0 Å². The number of hydrogen-bond acceptors (Lipinski definition) is 2.